The van der Waals surface area contributed by atoms with Crippen LogP contribution in [0.15, 0.2) is 67.1 Å². The molecule has 2 heterocycles. The third kappa shape index (κ3) is 4.41. The van der Waals surface area contributed by atoms with E-state index < -0.39 is 0 Å². The molecule has 5 nitrogen and oxygen atoms in total. The molecule has 142 valence electrons. The van der Waals surface area contributed by atoms with Gasteiger partial charge in [0.2, 0.25) is 0 Å². The number of imidazole rings is 1. The molecule has 2 aromatic carbocycles. The first-order valence-corrected chi connectivity index (χ1v) is 9.83. The topological polar surface area (TPSA) is 56.9 Å². The molecule has 1 aliphatic heterocycles. The number of nitrogens with one attached hydrogen (secondary N) is 1. The van der Waals surface area contributed by atoms with Crippen LogP contribution >= 0.6 is 0 Å². The molecule has 3 aromatic rings. The number of rotatable bonds is 6. The van der Waals surface area contributed by atoms with Crippen LogP contribution in [0.4, 0.5) is 5.69 Å². The van der Waals surface area contributed by atoms with E-state index in [-0.39, 0.29) is 0 Å². The fourth-order valence-electron chi connectivity index (χ4n) is 3.75. The van der Waals surface area contributed by atoms with Crippen LogP contribution in [-0.4, -0.2) is 28.7 Å². The minimum Gasteiger partial charge on any atom is -0.371 e. The largest absolute Gasteiger partial charge is 0.371 e. The number of anilines is 1. The highest BCUT2D eigenvalue weighted by atomic mass is 15.2. The maximum atomic E-state index is 8.93. The Labute approximate surface area is 166 Å². The van der Waals surface area contributed by atoms with E-state index in [1.807, 2.05) is 36.8 Å². The van der Waals surface area contributed by atoms with Crippen LogP contribution in [0.3, 0.4) is 0 Å². The zero-order chi connectivity index (χ0) is 19.2. The van der Waals surface area contributed by atoms with E-state index in [1.165, 1.54) is 16.9 Å². The number of benzene rings is 2. The molecule has 1 N–H and O–H groups in total. The summed E-state index contributed by atoms with van der Waals surface area (Å²) in [7, 11) is 0. The lowest BCUT2D eigenvalue weighted by molar-refractivity contribution is 0.409. The lowest BCUT2D eigenvalue weighted by Gasteiger charge is -2.34. The number of nitriles is 1. The van der Waals surface area contributed by atoms with E-state index in [0.29, 0.717) is 11.6 Å². The molecular weight excluding hydrogens is 346 g/mol. The summed E-state index contributed by atoms with van der Waals surface area (Å²) in [5, 5.41) is 12.6. The molecule has 4 rings (SSSR count). The Balaban J connectivity index is 1.29. The van der Waals surface area contributed by atoms with Crippen LogP contribution in [0, 0.1) is 11.3 Å². The Morgan fingerprint density at radius 2 is 1.79 bits per heavy atom. The average Bonchev–Trinajstić information content (AvgIpc) is 3.21. The zero-order valence-corrected chi connectivity index (χ0v) is 16.0. The average molecular weight is 371 g/mol. The molecule has 1 aliphatic rings. The van der Waals surface area contributed by atoms with E-state index in [9.17, 15) is 0 Å². The van der Waals surface area contributed by atoms with Crippen molar-refractivity contribution in [2.75, 3.05) is 18.0 Å². The van der Waals surface area contributed by atoms with Crippen molar-refractivity contribution in [2.24, 2.45) is 0 Å². The highest BCUT2D eigenvalue weighted by Gasteiger charge is 2.19. The minimum atomic E-state index is 0.540. The molecule has 5 heteroatoms. The Morgan fingerprint density at radius 1 is 1.04 bits per heavy atom. The van der Waals surface area contributed by atoms with Crippen LogP contribution in [0.25, 0.3) is 0 Å². The first kappa shape index (κ1) is 18.3. The Kier molecular flexibility index (Phi) is 5.69. The Bertz CT molecular complexity index is 916. The molecule has 0 atom stereocenters. The second-order valence-electron chi connectivity index (χ2n) is 7.30. The third-order valence-corrected chi connectivity index (χ3v) is 5.42. The maximum Gasteiger partial charge on any atom is 0.0991 e. The zero-order valence-electron chi connectivity index (χ0n) is 16.0. The lowest BCUT2D eigenvalue weighted by atomic mass is 10.0. The van der Waals surface area contributed by atoms with Crippen LogP contribution in [-0.2, 0) is 13.1 Å². The number of para-hydroxylation sites is 1. The summed E-state index contributed by atoms with van der Waals surface area (Å²) in [6.45, 7) is 3.78. The van der Waals surface area contributed by atoms with Gasteiger partial charge in [-0.1, -0.05) is 30.3 Å². The predicted molar refractivity (Wildman–Crippen MR) is 111 cm³/mol. The van der Waals surface area contributed by atoms with Crippen molar-refractivity contribution < 1.29 is 0 Å². The second kappa shape index (κ2) is 8.73. The molecule has 0 radical (unpaired) electrons. The van der Waals surface area contributed by atoms with Gasteiger partial charge in [-0.25, -0.2) is 4.98 Å². The van der Waals surface area contributed by atoms with Gasteiger partial charge in [-0.05, 0) is 42.7 Å². The van der Waals surface area contributed by atoms with Crippen LogP contribution in [0.2, 0.25) is 0 Å². The van der Waals surface area contributed by atoms with E-state index in [1.54, 1.807) is 0 Å². The minimum absolute atomic E-state index is 0.540. The van der Waals surface area contributed by atoms with Crippen LogP contribution in [0.5, 0.6) is 0 Å². The smallest absolute Gasteiger partial charge is 0.0991 e. The number of hydrogen-bond acceptors (Lipinski definition) is 4. The quantitative estimate of drug-likeness (QED) is 0.720. The molecule has 0 saturated carbocycles. The van der Waals surface area contributed by atoms with Gasteiger partial charge in [0, 0.05) is 44.1 Å². The fraction of sp³-hybridized carbons (Fsp3) is 0.304. The molecule has 0 amide bonds. The van der Waals surface area contributed by atoms with Gasteiger partial charge < -0.3 is 14.8 Å². The fourth-order valence-corrected chi connectivity index (χ4v) is 3.75. The predicted octanol–water partition coefficient (Wildman–Crippen LogP) is 3.56. The van der Waals surface area contributed by atoms with E-state index in [4.69, 9.17) is 5.26 Å². The molecule has 1 fully saturated rings. The van der Waals surface area contributed by atoms with Crippen LogP contribution in [0.1, 0.15) is 29.7 Å². The van der Waals surface area contributed by atoms with Gasteiger partial charge in [0.05, 0.1) is 23.7 Å². The molecule has 0 spiro atoms. The normalized spacial score (nSPS) is 14.8. The Hall–Kier alpha value is -3.10. The summed E-state index contributed by atoms with van der Waals surface area (Å²) in [4.78, 5) is 6.80. The highest BCUT2D eigenvalue weighted by Crippen LogP contribution is 2.19. The summed E-state index contributed by atoms with van der Waals surface area (Å²) in [6.07, 6.45) is 6.13. The van der Waals surface area contributed by atoms with Crippen molar-refractivity contribution in [2.45, 2.75) is 32.0 Å². The molecule has 1 aromatic heterocycles. The lowest BCUT2D eigenvalue weighted by Crippen LogP contribution is -2.42. The molecule has 0 bridgehead atoms. The van der Waals surface area contributed by atoms with Gasteiger partial charge in [0.15, 0.2) is 0 Å². The summed E-state index contributed by atoms with van der Waals surface area (Å²) in [5.74, 6) is 0. The first-order chi connectivity index (χ1) is 13.8. The summed E-state index contributed by atoms with van der Waals surface area (Å²) in [5.41, 5.74) is 4.38. The van der Waals surface area contributed by atoms with Crippen LogP contribution < -0.4 is 10.2 Å². The van der Waals surface area contributed by atoms with Gasteiger partial charge >= 0.3 is 0 Å². The molecular formula is C23H25N5. The standard InChI is InChI=1S/C23H25N5/c24-14-19-6-8-20(9-7-19)17-28-18-25-15-23(28)16-26-21-10-12-27(13-11-21)22-4-2-1-3-5-22/h1-9,15,18,21,26H,10-13,16-17H2. The van der Waals surface area contributed by atoms with Crippen molar-refractivity contribution >= 4 is 5.69 Å². The van der Waals surface area contributed by atoms with Crippen molar-refractivity contribution in [3.63, 3.8) is 0 Å². The Morgan fingerprint density at radius 3 is 2.50 bits per heavy atom. The first-order valence-electron chi connectivity index (χ1n) is 9.83. The van der Waals surface area contributed by atoms with E-state index >= 15 is 0 Å². The third-order valence-electron chi connectivity index (χ3n) is 5.42. The van der Waals surface area contributed by atoms with Crippen molar-refractivity contribution in [3.8, 4) is 6.07 Å². The number of nitrogens with zero attached hydrogens (tertiary/aromatic N) is 4. The van der Waals surface area contributed by atoms with Crippen molar-refractivity contribution in [1.82, 2.24) is 14.9 Å². The van der Waals surface area contributed by atoms with Crippen molar-refractivity contribution in [1.29, 1.82) is 5.26 Å². The number of aromatic nitrogens is 2. The SMILES string of the molecule is N#Cc1ccc(Cn2cncc2CNC2CCN(c3ccccc3)CC2)cc1. The maximum absolute atomic E-state index is 8.93. The molecule has 0 unspecified atom stereocenters. The summed E-state index contributed by atoms with van der Waals surface area (Å²) >= 11 is 0. The molecule has 1 saturated heterocycles. The van der Waals surface area contributed by atoms with E-state index in [2.05, 4.69) is 56.2 Å². The number of hydrogen-bond donors (Lipinski definition) is 1. The van der Waals surface area contributed by atoms with E-state index in [0.717, 1.165) is 39.0 Å². The summed E-state index contributed by atoms with van der Waals surface area (Å²) < 4.78 is 2.17. The van der Waals surface area contributed by atoms with Gasteiger partial charge in [-0.15, -0.1) is 0 Å². The van der Waals surface area contributed by atoms with Gasteiger partial charge in [0.1, 0.15) is 0 Å². The van der Waals surface area contributed by atoms with Gasteiger partial charge in [-0.2, -0.15) is 5.26 Å². The molecule has 0 aliphatic carbocycles. The second-order valence-corrected chi connectivity index (χ2v) is 7.30. The summed E-state index contributed by atoms with van der Waals surface area (Å²) in [6, 6.07) is 21.1. The van der Waals surface area contributed by atoms with Gasteiger partial charge in [0.25, 0.3) is 0 Å². The van der Waals surface area contributed by atoms with Gasteiger partial charge in [-0.3, -0.25) is 0 Å². The van der Waals surface area contributed by atoms with Crippen molar-refractivity contribution in [3.05, 3.63) is 83.9 Å². The monoisotopic (exact) mass is 371 g/mol. The molecule has 28 heavy (non-hydrogen) atoms. The highest BCUT2D eigenvalue weighted by molar-refractivity contribution is 5.46. The number of piperidine rings is 1.